The fourth-order valence-electron chi connectivity index (χ4n) is 2.97. The van der Waals surface area contributed by atoms with Gasteiger partial charge in [-0.05, 0) is 37.1 Å². The van der Waals surface area contributed by atoms with Crippen LogP contribution in [0.25, 0.3) is 11.1 Å². The molecule has 0 spiro atoms. The van der Waals surface area contributed by atoms with E-state index in [2.05, 4.69) is 25.4 Å². The molecule has 3 rings (SSSR count). The number of nitrogens with two attached hydrogens (primary N) is 2. The molecule has 9 heteroatoms. The van der Waals surface area contributed by atoms with Crippen LogP contribution in [0.3, 0.4) is 0 Å². The Kier molecular flexibility index (Phi) is 5.26. The number of pyridine rings is 2. The lowest BCUT2D eigenvalue weighted by molar-refractivity contribution is -0.125. The maximum Gasteiger partial charge on any atom is 0.243 e. The van der Waals surface area contributed by atoms with Gasteiger partial charge in [0, 0.05) is 42.5 Å². The molecule has 0 aliphatic carbocycles. The molecule has 8 nitrogen and oxygen atoms in total. The summed E-state index contributed by atoms with van der Waals surface area (Å²) in [5.74, 6) is -0.256. The van der Waals surface area contributed by atoms with Gasteiger partial charge in [-0.15, -0.1) is 5.10 Å². The number of rotatable bonds is 4. The molecule has 0 unspecified atom stereocenters. The van der Waals surface area contributed by atoms with Crippen LogP contribution in [-0.4, -0.2) is 34.9 Å². The highest BCUT2D eigenvalue weighted by atomic mass is 19.1. The number of hydrogen-bond acceptors (Lipinski definition) is 5. The van der Waals surface area contributed by atoms with Gasteiger partial charge in [-0.2, -0.15) is 4.39 Å². The van der Waals surface area contributed by atoms with Crippen LogP contribution >= 0.6 is 0 Å². The van der Waals surface area contributed by atoms with Gasteiger partial charge in [0.1, 0.15) is 5.82 Å². The number of hydrogen-bond donors (Lipinski definition) is 3. The predicted octanol–water partition coefficient (Wildman–Crippen LogP) is 0.804. The van der Waals surface area contributed by atoms with Gasteiger partial charge >= 0.3 is 0 Å². The molecular weight excluding hydrogens is 337 g/mol. The van der Waals surface area contributed by atoms with Crippen molar-refractivity contribution in [1.82, 2.24) is 15.4 Å². The number of hydrazone groups is 1. The van der Waals surface area contributed by atoms with Crippen molar-refractivity contribution in [2.45, 2.75) is 12.8 Å². The summed E-state index contributed by atoms with van der Waals surface area (Å²) in [6.07, 6.45) is 4.52. The number of guanidine groups is 1. The van der Waals surface area contributed by atoms with Crippen LogP contribution in [0.15, 0.2) is 41.8 Å². The molecule has 3 heterocycles. The number of piperidine rings is 1. The van der Waals surface area contributed by atoms with Gasteiger partial charge in [0.05, 0.1) is 0 Å². The Bertz CT molecular complexity index is 797. The summed E-state index contributed by atoms with van der Waals surface area (Å²) >= 11 is 0. The lowest BCUT2D eigenvalue weighted by Gasteiger charge is -2.33. The van der Waals surface area contributed by atoms with Crippen LogP contribution in [0.4, 0.5) is 10.2 Å². The maximum atomic E-state index is 13.1. The topological polar surface area (TPSA) is 123 Å². The van der Waals surface area contributed by atoms with Crippen molar-refractivity contribution in [2.24, 2.45) is 22.5 Å². The zero-order valence-electron chi connectivity index (χ0n) is 14.1. The first-order valence-electron chi connectivity index (χ1n) is 8.25. The van der Waals surface area contributed by atoms with Gasteiger partial charge in [-0.25, -0.2) is 15.4 Å². The monoisotopic (exact) mass is 357 g/mol. The van der Waals surface area contributed by atoms with E-state index in [1.54, 1.807) is 12.3 Å². The molecule has 1 aliphatic heterocycles. The van der Waals surface area contributed by atoms with Crippen molar-refractivity contribution in [3.8, 4) is 11.1 Å². The summed E-state index contributed by atoms with van der Waals surface area (Å²) in [5, 5.41) is 3.55. The average molecular weight is 357 g/mol. The minimum atomic E-state index is -0.521. The first-order valence-corrected chi connectivity index (χ1v) is 8.25. The SMILES string of the molecule is NC(N)=NNC(=O)C1CCN(c2ncccc2-c2ccc(F)nc2)CC1. The Labute approximate surface area is 150 Å². The summed E-state index contributed by atoms with van der Waals surface area (Å²) in [4.78, 5) is 22.4. The molecule has 5 N–H and O–H groups in total. The third kappa shape index (κ3) is 4.05. The van der Waals surface area contributed by atoms with Crippen molar-refractivity contribution in [1.29, 1.82) is 0 Å². The minimum absolute atomic E-state index is 0.158. The molecule has 1 fully saturated rings. The largest absolute Gasteiger partial charge is 0.369 e. The van der Waals surface area contributed by atoms with Gasteiger partial charge in [-0.1, -0.05) is 0 Å². The predicted molar refractivity (Wildman–Crippen MR) is 96.3 cm³/mol. The highest BCUT2D eigenvalue weighted by Crippen LogP contribution is 2.31. The summed E-state index contributed by atoms with van der Waals surface area (Å²) in [6, 6.07) is 6.76. The van der Waals surface area contributed by atoms with Crippen LogP contribution < -0.4 is 21.8 Å². The number of nitrogens with one attached hydrogen (secondary N) is 1. The van der Waals surface area contributed by atoms with Crippen LogP contribution in [0.1, 0.15) is 12.8 Å². The van der Waals surface area contributed by atoms with E-state index in [4.69, 9.17) is 11.5 Å². The maximum absolute atomic E-state index is 13.1. The number of aromatic nitrogens is 2. The van der Waals surface area contributed by atoms with E-state index in [0.717, 1.165) is 16.9 Å². The molecular formula is C17H20FN7O. The molecule has 0 radical (unpaired) electrons. The smallest absolute Gasteiger partial charge is 0.243 e. The molecule has 1 aliphatic rings. The first kappa shape index (κ1) is 17.6. The fraction of sp³-hybridized carbons (Fsp3) is 0.294. The number of nitrogens with zero attached hydrogens (tertiary/aromatic N) is 4. The Balaban J connectivity index is 1.71. The average Bonchev–Trinajstić information content (AvgIpc) is 2.67. The second-order valence-electron chi connectivity index (χ2n) is 6.02. The number of carbonyl (C=O) groups excluding carboxylic acids is 1. The second-order valence-corrected chi connectivity index (χ2v) is 6.02. The van der Waals surface area contributed by atoms with Crippen molar-refractivity contribution in [3.63, 3.8) is 0 Å². The van der Waals surface area contributed by atoms with Crippen LogP contribution in [0, 0.1) is 11.9 Å². The zero-order chi connectivity index (χ0) is 18.5. The lowest BCUT2D eigenvalue weighted by atomic mass is 9.95. The second kappa shape index (κ2) is 7.77. The van der Waals surface area contributed by atoms with Gasteiger partial charge in [0.25, 0.3) is 0 Å². The van der Waals surface area contributed by atoms with Gasteiger partial charge in [0.15, 0.2) is 0 Å². The van der Waals surface area contributed by atoms with Gasteiger partial charge in [0.2, 0.25) is 17.8 Å². The Morgan fingerprint density at radius 2 is 2.00 bits per heavy atom. The van der Waals surface area contributed by atoms with E-state index in [1.165, 1.54) is 12.3 Å². The first-order chi connectivity index (χ1) is 12.5. The van der Waals surface area contributed by atoms with Crippen molar-refractivity contribution in [2.75, 3.05) is 18.0 Å². The number of amides is 1. The summed E-state index contributed by atoms with van der Waals surface area (Å²) in [6.45, 7) is 1.33. The molecule has 136 valence electrons. The highest BCUT2D eigenvalue weighted by molar-refractivity contribution is 5.82. The Morgan fingerprint density at radius 3 is 2.65 bits per heavy atom. The Morgan fingerprint density at radius 1 is 1.23 bits per heavy atom. The van der Waals surface area contributed by atoms with Crippen molar-refractivity contribution >= 4 is 17.7 Å². The van der Waals surface area contributed by atoms with Gasteiger partial charge in [-0.3, -0.25) is 4.79 Å². The molecule has 0 saturated carbocycles. The van der Waals surface area contributed by atoms with E-state index < -0.39 is 5.95 Å². The van der Waals surface area contributed by atoms with Crippen LogP contribution in [0.5, 0.6) is 0 Å². The van der Waals surface area contributed by atoms with E-state index in [1.807, 2.05) is 12.1 Å². The fourth-order valence-corrected chi connectivity index (χ4v) is 2.97. The molecule has 0 bridgehead atoms. The highest BCUT2D eigenvalue weighted by Gasteiger charge is 2.26. The zero-order valence-corrected chi connectivity index (χ0v) is 14.1. The normalized spacial score (nSPS) is 14.7. The third-order valence-electron chi connectivity index (χ3n) is 4.29. The molecule has 2 aromatic rings. The molecule has 0 aromatic carbocycles. The van der Waals surface area contributed by atoms with Crippen LogP contribution in [0.2, 0.25) is 0 Å². The minimum Gasteiger partial charge on any atom is -0.369 e. The standard InChI is InChI=1S/C17H20FN7O/c18-14-4-3-12(10-22-14)13-2-1-7-21-15(13)25-8-5-11(6-9-25)16(26)23-24-17(19)20/h1-4,7,10-11H,5-6,8-9H2,(H,23,26)(H4,19,20,24). The summed E-state index contributed by atoms with van der Waals surface area (Å²) in [5.41, 5.74) is 14.5. The summed E-state index contributed by atoms with van der Waals surface area (Å²) < 4.78 is 13.1. The van der Waals surface area contributed by atoms with E-state index in [0.29, 0.717) is 25.9 Å². The van der Waals surface area contributed by atoms with E-state index >= 15 is 0 Å². The van der Waals surface area contributed by atoms with E-state index in [9.17, 15) is 9.18 Å². The number of anilines is 1. The summed E-state index contributed by atoms with van der Waals surface area (Å²) in [7, 11) is 0. The molecule has 26 heavy (non-hydrogen) atoms. The van der Waals surface area contributed by atoms with Crippen LogP contribution in [-0.2, 0) is 4.79 Å². The third-order valence-corrected chi connectivity index (χ3v) is 4.29. The molecule has 1 saturated heterocycles. The van der Waals surface area contributed by atoms with Gasteiger partial charge < -0.3 is 16.4 Å². The molecule has 0 atom stereocenters. The van der Waals surface area contributed by atoms with Crippen molar-refractivity contribution in [3.05, 3.63) is 42.6 Å². The van der Waals surface area contributed by atoms with Crippen molar-refractivity contribution < 1.29 is 9.18 Å². The Hall–Kier alpha value is -3.23. The molecule has 1 amide bonds. The quantitative estimate of drug-likeness (QED) is 0.322. The number of carbonyl (C=O) groups is 1. The molecule has 2 aromatic heterocycles. The lowest BCUT2D eigenvalue weighted by Crippen LogP contribution is -2.40. The van der Waals surface area contributed by atoms with E-state index in [-0.39, 0.29) is 17.8 Å². The number of halogens is 1.